The van der Waals surface area contributed by atoms with Gasteiger partial charge in [-0.1, -0.05) is 129 Å². The van der Waals surface area contributed by atoms with Crippen LogP contribution in [0.1, 0.15) is 56.2 Å². The van der Waals surface area contributed by atoms with E-state index in [1.54, 1.807) is 0 Å². The van der Waals surface area contributed by atoms with Crippen LogP contribution in [0.15, 0.2) is 115 Å². The number of nitrogens with zero attached hydrogens (tertiary/aromatic N) is 2. The standard InChI is InChI=1S/C36H40N2O2.C2H6/c39-28-35-17-10-24-38(35)36(40)23-22-34(25-29-18-20-33(21-19-29)32-15-8-3-9-16-32)37(26-30-11-4-1-5-12-30)27-31-13-6-2-7-14-31;1-2/h1-9,11-16,18-21,34-35,39H,10,17,22-28H2;1-2H3/t34-,35-;/m0./s1. The molecule has 1 amide bonds. The summed E-state index contributed by atoms with van der Waals surface area (Å²) in [6.07, 6.45) is 4.00. The maximum Gasteiger partial charge on any atom is 0.222 e. The Hall–Kier alpha value is -3.73. The van der Waals surface area contributed by atoms with E-state index >= 15 is 0 Å². The molecule has 0 bridgehead atoms. The highest BCUT2D eigenvalue weighted by Gasteiger charge is 2.29. The van der Waals surface area contributed by atoms with Gasteiger partial charge >= 0.3 is 0 Å². The van der Waals surface area contributed by atoms with Crippen molar-refractivity contribution in [2.45, 2.75) is 71.1 Å². The van der Waals surface area contributed by atoms with Crippen molar-refractivity contribution >= 4 is 5.91 Å². The molecule has 1 N–H and O–H groups in total. The van der Waals surface area contributed by atoms with Crippen LogP contribution in [-0.2, 0) is 24.3 Å². The number of hydrogen-bond acceptors (Lipinski definition) is 3. The SMILES string of the molecule is CC.O=C(CC[C@@H](Cc1ccc(-c2ccccc2)cc1)N(Cc1ccccc1)Cc1ccccc1)N1CCC[C@H]1CO. The topological polar surface area (TPSA) is 43.8 Å². The lowest BCUT2D eigenvalue weighted by atomic mass is 9.96. The number of aliphatic hydroxyl groups excluding tert-OH is 1. The van der Waals surface area contributed by atoms with Crippen LogP contribution >= 0.6 is 0 Å². The Morgan fingerprint density at radius 1 is 0.762 bits per heavy atom. The first-order valence-corrected chi connectivity index (χ1v) is 15.6. The van der Waals surface area contributed by atoms with Crippen LogP contribution in [0, 0.1) is 0 Å². The monoisotopic (exact) mass is 562 g/mol. The third-order valence-corrected chi connectivity index (χ3v) is 8.11. The summed E-state index contributed by atoms with van der Waals surface area (Å²) in [4.78, 5) is 17.8. The van der Waals surface area contributed by atoms with Gasteiger partial charge in [0.2, 0.25) is 5.91 Å². The van der Waals surface area contributed by atoms with E-state index < -0.39 is 0 Å². The van der Waals surface area contributed by atoms with Gasteiger partial charge in [-0.05, 0) is 53.5 Å². The number of amides is 1. The summed E-state index contributed by atoms with van der Waals surface area (Å²) in [6.45, 7) is 6.45. The average molecular weight is 563 g/mol. The van der Waals surface area contributed by atoms with Gasteiger partial charge in [0.25, 0.3) is 0 Å². The van der Waals surface area contributed by atoms with Crippen molar-refractivity contribution in [1.29, 1.82) is 0 Å². The third-order valence-electron chi connectivity index (χ3n) is 8.11. The lowest BCUT2D eigenvalue weighted by molar-refractivity contribution is -0.133. The molecule has 4 nitrogen and oxygen atoms in total. The zero-order valence-corrected chi connectivity index (χ0v) is 25.2. The maximum atomic E-state index is 13.3. The van der Waals surface area contributed by atoms with E-state index in [9.17, 15) is 9.90 Å². The van der Waals surface area contributed by atoms with Crippen molar-refractivity contribution in [3.8, 4) is 11.1 Å². The molecule has 0 unspecified atom stereocenters. The molecule has 42 heavy (non-hydrogen) atoms. The van der Waals surface area contributed by atoms with Crippen molar-refractivity contribution in [2.75, 3.05) is 13.2 Å². The molecule has 1 aliphatic heterocycles. The van der Waals surface area contributed by atoms with Gasteiger partial charge in [0, 0.05) is 32.1 Å². The van der Waals surface area contributed by atoms with E-state index in [1.807, 2.05) is 24.8 Å². The predicted molar refractivity (Wildman–Crippen MR) is 174 cm³/mol. The highest BCUT2D eigenvalue weighted by molar-refractivity contribution is 5.76. The number of carbonyl (C=O) groups is 1. The fraction of sp³-hybridized carbons (Fsp3) is 0.342. The minimum atomic E-state index is -0.0266. The molecule has 5 rings (SSSR count). The van der Waals surface area contributed by atoms with Crippen LogP contribution < -0.4 is 0 Å². The van der Waals surface area contributed by atoms with Crippen LogP contribution in [0.5, 0.6) is 0 Å². The van der Waals surface area contributed by atoms with Gasteiger partial charge in [0.15, 0.2) is 0 Å². The van der Waals surface area contributed by atoms with Crippen molar-refractivity contribution < 1.29 is 9.90 Å². The molecule has 4 aromatic carbocycles. The quantitative estimate of drug-likeness (QED) is 0.192. The summed E-state index contributed by atoms with van der Waals surface area (Å²) >= 11 is 0. The van der Waals surface area contributed by atoms with Crippen molar-refractivity contribution in [1.82, 2.24) is 9.80 Å². The summed E-state index contributed by atoms with van der Waals surface area (Å²) in [5.41, 5.74) is 6.25. The second-order valence-corrected chi connectivity index (χ2v) is 10.9. The molecule has 1 saturated heterocycles. The first-order valence-electron chi connectivity index (χ1n) is 15.6. The number of rotatable bonds is 12. The van der Waals surface area contributed by atoms with Gasteiger partial charge in [-0.15, -0.1) is 0 Å². The lowest BCUT2D eigenvalue weighted by Crippen LogP contribution is -2.40. The molecule has 1 fully saturated rings. The fourth-order valence-corrected chi connectivity index (χ4v) is 5.89. The number of likely N-dealkylation sites (tertiary alicyclic amines) is 1. The normalized spacial score (nSPS) is 15.2. The summed E-state index contributed by atoms with van der Waals surface area (Å²) in [7, 11) is 0. The number of hydrogen-bond donors (Lipinski definition) is 1. The van der Waals surface area contributed by atoms with E-state index in [2.05, 4.69) is 114 Å². The number of aliphatic hydroxyl groups is 1. The average Bonchev–Trinajstić information content (AvgIpc) is 3.55. The molecule has 0 spiro atoms. The van der Waals surface area contributed by atoms with Crippen molar-refractivity contribution in [3.63, 3.8) is 0 Å². The first-order chi connectivity index (χ1) is 20.7. The van der Waals surface area contributed by atoms with Gasteiger partial charge in [-0.25, -0.2) is 0 Å². The van der Waals surface area contributed by atoms with Gasteiger partial charge in [-0.2, -0.15) is 0 Å². The van der Waals surface area contributed by atoms with Crippen LogP contribution in [0.2, 0.25) is 0 Å². The number of carbonyl (C=O) groups excluding carboxylic acids is 1. The zero-order chi connectivity index (χ0) is 29.6. The Morgan fingerprint density at radius 3 is 1.83 bits per heavy atom. The number of benzene rings is 4. The van der Waals surface area contributed by atoms with Gasteiger partial charge < -0.3 is 10.0 Å². The Labute approximate surface area is 252 Å². The molecule has 1 heterocycles. The highest BCUT2D eigenvalue weighted by atomic mass is 16.3. The van der Waals surface area contributed by atoms with E-state index in [4.69, 9.17) is 0 Å². The molecule has 0 aliphatic carbocycles. The molecule has 2 atom stereocenters. The minimum Gasteiger partial charge on any atom is -0.394 e. The highest BCUT2D eigenvalue weighted by Crippen LogP contribution is 2.25. The van der Waals surface area contributed by atoms with Crippen LogP contribution in [0.4, 0.5) is 0 Å². The predicted octanol–water partition coefficient (Wildman–Crippen LogP) is 7.76. The summed E-state index contributed by atoms with van der Waals surface area (Å²) in [5, 5.41) is 9.78. The molecule has 4 heteroatoms. The van der Waals surface area contributed by atoms with Crippen LogP contribution in [0.3, 0.4) is 0 Å². The van der Waals surface area contributed by atoms with Crippen molar-refractivity contribution in [2.24, 2.45) is 0 Å². The molecule has 1 aliphatic rings. The Balaban J connectivity index is 0.00000198. The van der Waals surface area contributed by atoms with Gasteiger partial charge in [0.05, 0.1) is 12.6 Å². The fourth-order valence-electron chi connectivity index (χ4n) is 5.89. The van der Waals surface area contributed by atoms with Crippen molar-refractivity contribution in [3.05, 3.63) is 132 Å². The van der Waals surface area contributed by atoms with E-state index in [0.29, 0.717) is 6.42 Å². The molecule has 4 aromatic rings. The maximum absolute atomic E-state index is 13.3. The Bertz CT molecular complexity index is 1270. The zero-order valence-electron chi connectivity index (χ0n) is 25.2. The largest absolute Gasteiger partial charge is 0.394 e. The van der Waals surface area contributed by atoms with Gasteiger partial charge in [-0.3, -0.25) is 9.69 Å². The molecule has 220 valence electrons. The summed E-state index contributed by atoms with van der Waals surface area (Å²) < 4.78 is 0. The van der Waals surface area contributed by atoms with E-state index in [1.165, 1.54) is 27.8 Å². The second kappa shape index (κ2) is 16.6. The van der Waals surface area contributed by atoms with E-state index in [0.717, 1.165) is 45.3 Å². The van der Waals surface area contributed by atoms with Crippen LogP contribution in [-0.4, -0.2) is 46.0 Å². The smallest absolute Gasteiger partial charge is 0.222 e. The Morgan fingerprint density at radius 2 is 1.29 bits per heavy atom. The first kappa shape index (κ1) is 31.2. The lowest BCUT2D eigenvalue weighted by Gasteiger charge is -2.33. The molecular formula is C38H46N2O2. The molecular weight excluding hydrogens is 516 g/mol. The molecule has 0 saturated carbocycles. The van der Waals surface area contributed by atoms with Gasteiger partial charge in [0.1, 0.15) is 0 Å². The second-order valence-electron chi connectivity index (χ2n) is 10.9. The van der Waals surface area contributed by atoms with Crippen LogP contribution in [0.25, 0.3) is 11.1 Å². The molecule has 0 radical (unpaired) electrons. The van der Waals surface area contributed by atoms with E-state index in [-0.39, 0.29) is 24.6 Å². The summed E-state index contributed by atoms with van der Waals surface area (Å²) in [6, 6.07) is 40.8. The summed E-state index contributed by atoms with van der Waals surface area (Å²) in [5.74, 6) is 0.167. The Kier molecular flexibility index (Phi) is 12.4. The molecule has 0 aromatic heterocycles. The minimum absolute atomic E-state index is 0.0266. The third kappa shape index (κ3) is 8.88.